The Hall–Kier alpha value is -2.61. The van der Waals surface area contributed by atoms with E-state index in [2.05, 4.69) is 10.6 Å². The second-order valence-electron chi connectivity index (χ2n) is 6.30. The Bertz CT molecular complexity index is 700. The van der Waals surface area contributed by atoms with Gasteiger partial charge < -0.3 is 20.5 Å². The number of nitrogens with one attached hydrogen (secondary N) is 2. The lowest BCUT2D eigenvalue weighted by Gasteiger charge is -2.42. The molecule has 1 aliphatic carbocycles. The van der Waals surface area contributed by atoms with Crippen molar-refractivity contribution in [2.45, 2.75) is 31.8 Å². The summed E-state index contributed by atoms with van der Waals surface area (Å²) in [6, 6.07) is 5.13. The van der Waals surface area contributed by atoms with E-state index in [0.717, 1.165) is 12.8 Å². The van der Waals surface area contributed by atoms with E-state index >= 15 is 0 Å². The molecule has 8 nitrogen and oxygen atoms in total. The average molecular weight is 347 g/mol. The van der Waals surface area contributed by atoms with Gasteiger partial charge in [0.2, 0.25) is 0 Å². The van der Waals surface area contributed by atoms with Crippen LogP contribution in [0.1, 0.15) is 30.1 Å². The van der Waals surface area contributed by atoms with Gasteiger partial charge in [0, 0.05) is 17.6 Å². The molecule has 25 heavy (non-hydrogen) atoms. The number of hydrogen-bond acceptors (Lipinski definition) is 5. The van der Waals surface area contributed by atoms with E-state index in [4.69, 9.17) is 9.84 Å². The van der Waals surface area contributed by atoms with Crippen molar-refractivity contribution < 1.29 is 24.2 Å². The fourth-order valence-corrected chi connectivity index (χ4v) is 3.16. The molecular weight excluding hydrogens is 326 g/mol. The van der Waals surface area contributed by atoms with Crippen LogP contribution in [0, 0.1) is 0 Å². The lowest BCUT2D eigenvalue weighted by atomic mass is 9.85. The highest BCUT2D eigenvalue weighted by atomic mass is 16.5. The summed E-state index contributed by atoms with van der Waals surface area (Å²) in [5.41, 5.74) is 1.03. The van der Waals surface area contributed by atoms with Gasteiger partial charge in [-0.2, -0.15) is 0 Å². The zero-order valence-corrected chi connectivity index (χ0v) is 13.9. The van der Waals surface area contributed by atoms with Crippen LogP contribution < -0.4 is 15.4 Å². The second-order valence-corrected chi connectivity index (χ2v) is 6.30. The third-order valence-corrected chi connectivity index (χ3v) is 4.59. The fourth-order valence-electron chi connectivity index (χ4n) is 3.16. The lowest BCUT2D eigenvalue weighted by molar-refractivity contribution is -0.139. The molecule has 0 radical (unpaired) electrons. The SMILES string of the molecule is CCN(CC(=O)O)C1CC(NC(=O)c2ccc3c(c2)OCC(=O)N3)C1. The molecule has 8 heteroatoms. The van der Waals surface area contributed by atoms with Crippen molar-refractivity contribution in [3.63, 3.8) is 0 Å². The number of carbonyl (C=O) groups excluding carboxylic acids is 2. The maximum Gasteiger partial charge on any atom is 0.317 e. The summed E-state index contributed by atoms with van der Waals surface area (Å²) >= 11 is 0. The van der Waals surface area contributed by atoms with Crippen LogP contribution in [0.4, 0.5) is 5.69 Å². The number of carboxylic acids is 1. The second kappa shape index (κ2) is 7.10. The van der Waals surface area contributed by atoms with Gasteiger partial charge in [-0.05, 0) is 37.6 Å². The minimum absolute atomic E-state index is 0.0235. The normalized spacial score (nSPS) is 21.6. The van der Waals surface area contributed by atoms with E-state index in [1.807, 2.05) is 11.8 Å². The Morgan fingerprint density at radius 3 is 2.84 bits per heavy atom. The smallest absolute Gasteiger partial charge is 0.317 e. The molecule has 3 rings (SSSR count). The molecule has 0 atom stereocenters. The number of carbonyl (C=O) groups is 3. The van der Waals surface area contributed by atoms with Crippen LogP contribution in [0.5, 0.6) is 5.75 Å². The van der Waals surface area contributed by atoms with E-state index in [1.165, 1.54) is 0 Å². The van der Waals surface area contributed by atoms with E-state index in [0.29, 0.717) is 23.5 Å². The molecule has 134 valence electrons. The molecular formula is C17H21N3O5. The molecule has 0 saturated heterocycles. The molecule has 1 aromatic rings. The number of aliphatic carboxylic acids is 1. The summed E-state index contributed by atoms with van der Waals surface area (Å²) < 4.78 is 5.32. The number of anilines is 1. The van der Waals surface area contributed by atoms with E-state index in [-0.39, 0.29) is 37.0 Å². The molecule has 0 spiro atoms. The minimum Gasteiger partial charge on any atom is -0.482 e. The summed E-state index contributed by atoms with van der Waals surface area (Å²) in [6.45, 7) is 2.57. The summed E-state index contributed by atoms with van der Waals surface area (Å²) in [6.07, 6.45) is 1.48. The molecule has 1 aromatic carbocycles. The molecule has 1 saturated carbocycles. The highest BCUT2D eigenvalue weighted by Crippen LogP contribution is 2.29. The first-order valence-corrected chi connectivity index (χ1v) is 8.29. The van der Waals surface area contributed by atoms with Gasteiger partial charge in [0.1, 0.15) is 5.75 Å². The predicted octanol–water partition coefficient (Wildman–Crippen LogP) is 0.685. The number of rotatable bonds is 6. The largest absolute Gasteiger partial charge is 0.482 e. The number of nitrogens with zero attached hydrogens (tertiary/aromatic N) is 1. The van der Waals surface area contributed by atoms with Gasteiger partial charge in [-0.1, -0.05) is 6.92 Å². The zero-order chi connectivity index (χ0) is 18.0. The van der Waals surface area contributed by atoms with Crippen molar-refractivity contribution in [1.29, 1.82) is 0 Å². The number of benzene rings is 1. The van der Waals surface area contributed by atoms with Gasteiger partial charge in [-0.3, -0.25) is 19.3 Å². The average Bonchev–Trinajstić information content (AvgIpc) is 2.55. The van der Waals surface area contributed by atoms with E-state index < -0.39 is 5.97 Å². The predicted molar refractivity (Wildman–Crippen MR) is 89.7 cm³/mol. The molecule has 1 heterocycles. The van der Waals surface area contributed by atoms with Crippen molar-refractivity contribution in [2.24, 2.45) is 0 Å². The molecule has 0 bridgehead atoms. The molecule has 1 aliphatic heterocycles. The van der Waals surface area contributed by atoms with Gasteiger partial charge in [-0.15, -0.1) is 0 Å². The quantitative estimate of drug-likeness (QED) is 0.699. The summed E-state index contributed by atoms with van der Waals surface area (Å²) in [7, 11) is 0. The Morgan fingerprint density at radius 2 is 2.16 bits per heavy atom. The van der Waals surface area contributed by atoms with Crippen molar-refractivity contribution in [2.75, 3.05) is 25.0 Å². The summed E-state index contributed by atoms with van der Waals surface area (Å²) in [5, 5.41) is 14.5. The fraction of sp³-hybridized carbons (Fsp3) is 0.471. The maximum absolute atomic E-state index is 12.4. The zero-order valence-electron chi connectivity index (χ0n) is 13.9. The minimum atomic E-state index is -0.838. The van der Waals surface area contributed by atoms with E-state index in [1.54, 1.807) is 18.2 Å². The van der Waals surface area contributed by atoms with Gasteiger partial charge in [-0.25, -0.2) is 0 Å². The number of hydrogen-bond donors (Lipinski definition) is 3. The molecule has 0 unspecified atom stereocenters. The van der Waals surface area contributed by atoms with E-state index in [9.17, 15) is 14.4 Å². The molecule has 2 amide bonds. The first-order valence-electron chi connectivity index (χ1n) is 8.29. The monoisotopic (exact) mass is 347 g/mol. The first kappa shape index (κ1) is 17.2. The standard InChI is InChI=1S/C17H21N3O5/c1-2-20(8-16(22)23)12-6-11(7-12)18-17(24)10-3-4-13-14(5-10)25-9-15(21)19-13/h3-5,11-12H,2,6-9H2,1H3,(H,18,24)(H,19,21)(H,22,23). The number of amides is 2. The van der Waals surface area contributed by atoms with Crippen LogP contribution >= 0.6 is 0 Å². The van der Waals surface area contributed by atoms with Crippen molar-refractivity contribution in [1.82, 2.24) is 10.2 Å². The number of ether oxygens (including phenoxy) is 1. The van der Waals surface area contributed by atoms with Gasteiger partial charge in [0.15, 0.2) is 6.61 Å². The highest BCUT2D eigenvalue weighted by molar-refractivity contribution is 5.99. The van der Waals surface area contributed by atoms with Crippen molar-refractivity contribution in [3.8, 4) is 5.75 Å². The molecule has 3 N–H and O–H groups in total. The first-order chi connectivity index (χ1) is 12.0. The Labute approximate surface area is 145 Å². The molecule has 2 aliphatic rings. The van der Waals surface area contributed by atoms with Gasteiger partial charge in [0.05, 0.1) is 12.2 Å². The van der Waals surface area contributed by atoms with Crippen LogP contribution in [0.25, 0.3) is 0 Å². The van der Waals surface area contributed by atoms with Crippen LogP contribution in [-0.2, 0) is 9.59 Å². The lowest BCUT2D eigenvalue weighted by Crippen LogP contribution is -2.54. The number of fused-ring (bicyclic) bond motifs is 1. The van der Waals surface area contributed by atoms with Crippen molar-refractivity contribution >= 4 is 23.5 Å². The third-order valence-electron chi connectivity index (χ3n) is 4.59. The van der Waals surface area contributed by atoms with Crippen LogP contribution in [0.15, 0.2) is 18.2 Å². The Kier molecular flexibility index (Phi) is 4.89. The highest BCUT2D eigenvalue weighted by Gasteiger charge is 2.34. The third kappa shape index (κ3) is 3.90. The summed E-state index contributed by atoms with van der Waals surface area (Å²) in [5.74, 6) is -0.770. The molecule has 0 aromatic heterocycles. The molecule has 1 fully saturated rings. The van der Waals surface area contributed by atoms with Crippen LogP contribution in [-0.4, -0.2) is 59.6 Å². The maximum atomic E-state index is 12.4. The van der Waals surface area contributed by atoms with Crippen molar-refractivity contribution in [3.05, 3.63) is 23.8 Å². The Balaban J connectivity index is 1.54. The van der Waals surface area contributed by atoms with Crippen LogP contribution in [0.3, 0.4) is 0 Å². The topological polar surface area (TPSA) is 108 Å². The van der Waals surface area contributed by atoms with Gasteiger partial charge in [0.25, 0.3) is 11.8 Å². The van der Waals surface area contributed by atoms with Gasteiger partial charge >= 0.3 is 5.97 Å². The number of likely N-dealkylation sites (N-methyl/N-ethyl adjacent to an activating group) is 1. The Morgan fingerprint density at radius 1 is 1.40 bits per heavy atom. The summed E-state index contributed by atoms with van der Waals surface area (Å²) in [4.78, 5) is 36.4. The number of carboxylic acid groups (broad SMARTS) is 1. The van der Waals surface area contributed by atoms with Crippen LogP contribution in [0.2, 0.25) is 0 Å².